The molecule has 0 radical (unpaired) electrons. The van der Waals surface area contributed by atoms with Crippen molar-refractivity contribution in [2.45, 2.75) is 32.4 Å². The molecular formula is C18H19N5O2. The van der Waals surface area contributed by atoms with Crippen molar-refractivity contribution >= 4 is 5.91 Å². The van der Waals surface area contributed by atoms with Gasteiger partial charge < -0.3 is 14.0 Å². The molecule has 1 atom stereocenters. The van der Waals surface area contributed by atoms with Gasteiger partial charge in [-0.1, -0.05) is 35.5 Å². The van der Waals surface area contributed by atoms with Crippen LogP contribution in [0, 0.1) is 0 Å². The molecule has 0 spiro atoms. The number of amides is 1. The molecule has 7 nitrogen and oxygen atoms in total. The molecule has 0 aliphatic carbocycles. The van der Waals surface area contributed by atoms with Crippen LogP contribution >= 0.6 is 0 Å². The number of fused-ring (bicyclic) bond motifs is 1. The fourth-order valence-corrected chi connectivity index (χ4v) is 3.32. The average molecular weight is 337 g/mol. The molecule has 1 aliphatic rings. The molecule has 0 N–H and O–H groups in total. The summed E-state index contributed by atoms with van der Waals surface area (Å²) in [5.41, 5.74) is 1.61. The molecule has 0 unspecified atom stereocenters. The maximum atomic E-state index is 12.5. The molecule has 25 heavy (non-hydrogen) atoms. The predicted molar refractivity (Wildman–Crippen MR) is 89.8 cm³/mol. The fourth-order valence-electron chi connectivity index (χ4n) is 3.32. The number of aryl methyl sites for hydroxylation is 2. The highest BCUT2D eigenvalue weighted by molar-refractivity contribution is 5.92. The van der Waals surface area contributed by atoms with Gasteiger partial charge >= 0.3 is 0 Å². The summed E-state index contributed by atoms with van der Waals surface area (Å²) in [5, 5.41) is 12.4. The van der Waals surface area contributed by atoms with E-state index in [4.69, 9.17) is 4.52 Å². The summed E-state index contributed by atoms with van der Waals surface area (Å²) < 4.78 is 6.93. The molecule has 4 rings (SSSR count). The number of rotatable bonds is 4. The highest BCUT2D eigenvalue weighted by atomic mass is 16.5. The van der Waals surface area contributed by atoms with Crippen LogP contribution in [-0.4, -0.2) is 37.3 Å². The van der Waals surface area contributed by atoms with Gasteiger partial charge in [0.15, 0.2) is 11.5 Å². The van der Waals surface area contributed by atoms with E-state index in [1.165, 1.54) is 11.8 Å². The molecule has 3 aromatic rings. The Bertz CT molecular complexity index is 857. The van der Waals surface area contributed by atoms with Crippen molar-refractivity contribution in [2.75, 3.05) is 6.54 Å². The van der Waals surface area contributed by atoms with E-state index in [2.05, 4.69) is 39.0 Å². The second-order valence-corrected chi connectivity index (χ2v) is 6.31. The monoisotopic (exact) mass is 337 g/mol. The van der Waals surface area contributed by atoms with E-state index >= 15 is 0 Å². The predicted octanol–water partition coefficient (Wildman–Crippen LogP) is 2.27. The van der Waals surface area contributed by atoms with Gasteiger partial charge in [-0.05, 0) is 18.9 Å². The minimum atomic E-state index is -0.138. The molecule has 0 saturated heterocycles. The Kier molecular flexibility index (Phi) is 4.05. The minimum absolute atomic E-state index is 0.125. The number of carbonyl (C=O) groups excluding carboxylic acids is 1. The lowest BCUT2D eigenvalue weighted by Crippen LogP contribution is -2.41. The molecule has 128 valence electrons. The summed E-state index contributed by atoms with van der Waals surface area (Å²) >= 11 is 0. The molecule has 0 fully saturated rings. The molecule has 1 aliphatic heterocycles. The van der Waals surface area contributed by atoms with Crippen molar-refractivity contribution in [2.24, 2.45) is 0 Å². The molecule has 1 aromatic carbocycles. The Morgan fingerprint density at radius 1 is 1.20 bits per heavy atom. The van der Waals surface area contributed by atoms with Crippen LogP contribution in [0.4, 0.5) is 0 Å². The molecule has 3 heterocycles. The van der Waals surface area contributed by atoms with Gasteiger partial charge in [0, 0.05) is 19.0 Å². The van der Waals surface area contributed by atoms with Crippen LogP contribution in [0.15, 0.2) is 47.2 Å². The maximum Gasteiger partial charge on any atom is 0.276 e. The first kappa shape index (κ1) is 15.6. The number of nitrogens with zero attached hydrogens (tertiary/aromatic N) is 5. The Morgan fingerprint density at radius 2 is 2.04 bits per heavy atom. The van der Waals surface area contributed by atoms with Crippen molar-refractivity contribution in [3.8, 4) is 0 Å². The number of benzene rings is 1. The van der Waals surface area contributed by atoms with Crippen molar-refractivity contribution in [1.82, 2.24) is 24.8 Å². The van der Waals surface area contributed by atoms with Crippen LogP contribution < -0.4 is 0 Å². The zero-order valence-electron chi connectivity index (χ0n) is 14.0. The van der Waals surface area contributed by atoms with Gasteiger partial charge in [0.05, 0.1) is 12.6 Å². The smallest absolute Gasteiger partial charge is 0.276 e. The molecule has 0 bridgehead atoms. The normalized spacial score (nSPS) is 16.7. The molecule has 0 saturated carbocycles. The second-order valence-electron chi connectivity index (χ2n) is 6.31. The molecule has 7 heteroatoms. The van der Waals surface area contributed by atoms with Gasteiger partial charge in [-0.15, -0.1) is 10.2 Å². The molecule has 1 amide bonds. The van der Waals surface area contributed by atoms with Crippen LogP contribution in [0.1, 0.15) is 40.7 Å². The van der Waals surface area contributed by atoms with Gasteiger partial charge in [0.2, 0.25) is 0 Å². The zero-order valence-corrected chi connectivity index (χ0v) is 14.0. The lowest BCUT2D eigenvalue weighted by molar-refractivity contribution is 0.0669. The summed E-state index contributed by atoms with van der Waals surface area (Å²) in [7, 11) is 0. The first-order chi connectivity index (χ1) is 12.2. The van der Waals surface area contributed by atoms with E-state index < -0.39 is 0 Å². The van der Waals surface area contributed by atoms with E-state index in [1.807, 2.05) is 18.2 Å². The van der Waals surface area contributed by atoms with Gasteiger partial charge in [0.1, 0.15) is 12.1 Å². The largest absolute Gasteiger partial charge is 0.364 e. The van der Waals surface area contributed by atoms with E-state index in [0.29, 0.717) is 18.8 Å². The topological polar surface area (TPSA) is 77.1 Å². The highest BCUT2D eigenvalue weighted by Crippen LogP contribution is 2.23. The number of aromatic nitrogens is 4. The number of carbonyl (C=O) groups is 1. The molecular weight excluding hydrogens is 318 g/mol. The third kappa shape index (κ3) is 3.05. The lowest BCUT2D eigenvalue weighted by atomic mass is 10.1. The Labute approximate surface area is 145 Å². The molecule has 2 aromatic heterocycles. The van der Waals surface area contributed by atoms with Gasteiger partial charge in [-0.3, -0.25) is 4.79 Å². The Balaban J connectivity index is 1.50. The number of hydrogen-bond acceptors (Lipinski definition) is 5. The third-order valence-electron chi connectivity index (χ3n) is 4.52. The summed E-state index contributed by atoms with van der Waals surface area (Å²) in [5.74, 6) is 1.65. The highest BCUT2D eigenvalue weighted by Gasteiger charge is 2.30. The summed E-state index contributed by atoms with van der Waals surface area (Å²) in [6.07, 6.45) is 3.16. The van der Waals surface area contributed by atoms with Crippen LogP contribution in [-0.2, 0) is 19.4 Å². The lowest BCUT2D eigenvalue weighted by Gasteiger charge is -2.32. The summed E-state index contributed by atoms with van der Waals surface area (Å²) in [6.45, 7) is 3.13. The Morgan fingerprint density at radius 3 is 2.80 bits per heavy atom. The number of hydrogen-bond donors (Lipinski definition) is 0. The van der Waals surface area contributed by atoms with E-state index in [0.717, 1.165) is 24.5 Å². The van der Waals surface area contributed by atoms with E-state index in [9.17, 15) is 4.79 Å². The average Bonchev–Trinajstić information content (AvgIpc) is 3.30. The van der Waals surface area contributed by atoms with Crippen molar-refractivity contribution in [3.05, 3.63) is 65.6 Å². The standard InChI is InChI=1S/C18H19N5O2/c1-13-11-22(18(24)15-9-10-25-21-15)12-17-20-19-16(23(13)17)8-7-14-5-3-2-4-6-14/h2-6,9-10,13H,7-8,11-12H2,1H3/t13-/m0/s1. The van der Waals surface area contributed by atoms with Gasteiger partial charge in [0.25, 0.3) is 5.91 Å². The summed E-state index contributed by atoms with van der Waals surface area (Å²) in [4.78, 5) is 14.2. The Hall–Kier alpha value is -2.96. The van der Waals surface area contributed by atoms with Crippen molar-refractivity contribution in [1.29, 1.82) is 0 Å². The van der Waals surface area contributed by atoms with Crippen LogP contribution in [0.25, 0.3) is 0 Å². The second kappa shape index (κ2) is 6.51. The summed E-state index contributed by atoms with van der Waals surface area (Å²) in [6, 6.07) is 12.1. The third-order valence-corrected chi connectivity index (χ3v) is 4.52. The quantitative estimate of drug-likeness (QED) is 0.730. The SMILES string of the molecule is C[C@H]1CN(C(=O)c2ccon2)Cc2nnc(CCc3ccccc3)n21. The van der Waals surface area contributed by atoms with Gasteiger partial charge in [-0.2, -0.15) is 0 Å². The van der Waals surface area contributed by atoms with E-state index in [1.54, 1.807) is 11.0 Å². The first-order valence-electron chi connectivity index (χ1n) is 8.38. The first-order valence-corrected chi connectivity index (χ1v) is 8.38. The zero-order chi connectivity index (χ0) is 17.2. The van der Waals surface area contributed by atoms with Crippen LogP contribution in [0.5, 0.6) is 0 Å². The fraction of sp³-hybridized carbons (Fsp3) is 0.333. The van der Waals surface area contributed by atoms with Gasteiger partial charge in [-0.25, -0.2) is 0 Å². The van der Waals surface area contributed by atoms with Crippen LogP contribution in [0.3, 0.4) is 0 Å². The van der Waals surface area contributed by atoms with Crippen molar-refractivity contribution in [3.63, 3.8) is 0 Å². The minimum Gasteiger partial charge on any atom is -0.364 e. The maximum absolute atomic E-state index is 12.5. The van der Waals surface area contributed by atoms with E-state index in [-0.39, 0.29) is 11.9 Å². The van der Waals surface area contributed by atoms with Crippen molar-refractivity contribution < 1.29 is 9.32 Å². The van der Waals surface area contributed by atoms with Crippen LogP contribution in [0.2, 0.25) is 0 Å².